The van der Waals surface area contributed by atoms with Crippen molar-refractivity contribution in [1.82, 2.24) is 68.8 Å². The number of fused-ring (bicyclic) bond motifs is 3. The first-order valence-corrected chi connectivity index (χ1v) is 40.6. The summed E-state index contributed by atoms with van der Waals surface area (Å²) in [7, 11) is 3.81. The molecule has 0 radical (unpaired) electrons. The number of imidazole rings is 3. The number of aromatic nitrogens is 12. The molecule has 9 aromatic heterocycles. The molecule has 29 heteroatoms. The first-order chi connectivity index (χ1) is 56.8. The van der Waals surface area contributed by atoms with Crippen LogP contribution < -0.4 is 11.1 Å². The van der Waals surface area contributed by atoms with Gasteiger partial charge in [-0.15, -0.1) is 0 Å². The van der Waals surface area contributed by atoms with Gasteiger partial charge in [-0.3, -0.25) is 29.3 Å². The standard InChI is InChI=1S/C34H43N5O6.C33H41N5O6.C24H27N5O2/c1-22-14-15-23-20-24(16-17-25(23)36-22)26-21-38(8)29(37-26)27(12-10-9-11-13-28(40)30-35-18-19-43-30)39(31(41)44-33(2,3)4)32(42)45-34(5,6)7;1-21-13-14-22-19-23(15-16-24(22)35-21)26-20-38(31(41)44-33(5,6)7)28(36-26)25(37-30(40)43-32(2,3)4)11-9-8-10-12-27(39)29-34-17-18-42-29;1-16-8-9-17-14-18(10-11-20(17)27-16)21-15-29(2)23(28-21)19(25)6-4-3-5-7-22(30)24-26-12-13-31-24/h14-21,27H,9-13H2,1-8H3;13-20,25H,8-12H2,1-7H3,(H,37,40);8-15,19H,3-7,25H2,1-2H3/t27-;25-;19-/m000/s1. The van der Waals surface area contributed by atoms with Gasteiger partial charge >= 0.3 is 24.4 Å². The number of hydrogen-bond acceptors (Lipinski definition) is 24. The molecular formula is C91H111N15O14. The molecule has 3 amide bonds. The number of imide groups is 1. The number of hydrogen-bond donors (Lipinski definition) is 2. The van der Waals surface area contributed by atoms with Crippen molar-refractivity contribution < 1.29 is 65.8 Å². The number of amides is 3. The molecule has 12 aromatic rings. The number of carbonyl (C=O) groups is 7. The second-order valence-electron chi connectivity index (χ2n) is 33.8. The Kier molecular flexibility index (Phi) is 29.9. The van der Waals surface area contributed by atoms with Gasteiger partial charge in [0.15, 0.2) is 0 Å². The number of nitrogens with zero attached hydrogens (tertiary/aromatic N) is 13. The highest BCUT2D eigenvalue weighted by Gasteiger charge is 2.40. The minimum absolute atomic E-state index is 0.0520. The third-order valence-corrected chi connectivity index (χ3v) is 18.9. The summed E-state index contributed by atoms with van der Waals surface area (Å²) in [6.45, 7) is 27.0. The largest absolute Gasteiger partial charge is 0.444 e. The summed E-state index contributed by atoms with van der Waals surface area (Å²) in [6, 6.07) is 28.3. The maximum absolute atomic E-state index is 13.7. The molecular weight excluding hydrogens is 1530 g/mol. The van der Waals surface area contributed by atoms with Gasteiger partial charge in [0.05, 0.1) is 64.3 Å². The van der Waals surface area contributed by atoms with Crippen molar-refractivity contribution in [3.8, 4) is 33.8 Å². The van der Waals surface area contributed by atoms with Gasteiger partial charge in [0.1, 0.15) is 64.7 Å². The number of rotatable bonds is 29. The number of nitrogens with one attached hydrogen (secondary N) is 1. The molecule has 0 saturated heterocycles. The number of ketones is 3. The van der Waals surface area contributed by atoms with Crippen LogP contribution in [-0.2, 0) is 33.0 Å². The number of aryl methyl sites for hydroxylation is 5. The molecule has 0 aliphatic heterocycles. The Bertz CT molecular complexity index is 5470. The van der Waals surface area contributed by atoms with Crippen LogP contribution in [0.25, 0.3) is 66.5 Å². The van der Waals surface area contributed by atoms with E-state index in [1.165, 1.54) is 41.9 Å². The molecule has 0 aliphatic carbocycles. The molecule has 3 aromatic carbocycles. The molecule has 0 bridgehead atoms. The minimum atomic E-state index is -0.855. The van der Waals surface area contributed by atoms with E-state index in [4.69, 9.17) is 52.9 Å². The van der Waals surface area contributed by atoms with Gasteiger partial charge in [0, 0.05) is 102 Å². The summed E-state index contributed by atoms with van der Waals surface area (Å²) in [5.41, 5.74) is 13.7. The average Bonchev–Trinajstić information content (AvgIpc) is 1.63. The van der Waals surface area contributed by atoms with Gasteiger partial charge in [0.25, 0.3) is 17.7 Å². The molecule has 0 saturated carbocycles. The first kappa shape index (κ1) is 89.9. The van der Waals surface area contributed by atoms with E-state index in [1.54, 1.807) is 89.3 Å². The number of carbonyl (C=O) groups excluding carboxylic acids is 7. The number of Topliss-reactive ketones (excluding diaryl/α,β-unsaturated/α-hetero) is 3. The molecule has 0 aliphatic rings. The van der Waals surface area contributed by atoms with Crippen LogP contribution in [0.5, 0.6) is 0 Å². The number of oxazole rings is 3. The van der Waals surface area contributed by atoms with Crippen molar-refractivity contribution in [3.63, 3.8) is 0 Å². The smallest absolute Gasteiger partial charge is 0.420 e. The highest BCUT2D eigenvalue weighted by molar-refractivity contribution is 5.93. The zero-order chi connectivity index (χ0) is 86.8. The Hall–Kier alpha value is -12.4. The number of unbranched alkanes of at least 4 members (excludes halogenated alkanes) is 6. The van der Waals surface area contributed by atoms with Gasteiger partial charge in [-0.1, -0.05) is 74.9 Å². The van der Waals surface area contributed by atoms with E-state index in [-0.39, 0.29) is 53.9 Å². The highest BCUT2D eigenvalue weighted by atomic mass is 16.6. The Morgan fingerprint density at radius 2 is 0.792 bits per heavy atom. The highest BCUT2D eigenvalue weighted by Crippen LogP contribution is 2.35. The molecule has 12 rings (SSSR count). The second-order valence-corrected chi connectivity index (χ2v) is 33.8. The SMILES string of the molecule is Cc1ccc2cc(-c3cn(C(=O)OC(C)(C)C)c([C@H](CCCCCC(=O)c4ncco4)NC(=O)OC(C)(C)C)n3)ccc2n1.Cc1ccc2cc(-c3cn(C)c([C@@H](N)CCCCCC(=O)c4ncco4)n3)ccc2n1.Cc1ccc2cc(-c3cn(C)c([C@H](CCCCCC(=O)c4ncco4)N(C(=O)OC(C)(C)C)C(=O)OC(C)(C)C)n3)ccc2n1. The molecule has 3 N–H and O–H groups in total. The summed E-state index contributed by atoms with van der Waals surface area (Å²) >= 11 is 0. The van der Waals surface area contributed by atoms with E-state index in [0.29, 0.717) is 80.8 Å². The van der Waals surface area contributed by atoms with Gasteiger partial charge in [-0.05, 0) is 197 Å². The van der Waals surface area contributed by atoms with Gasteiger partial charge < -0.3 is 52.4 Å². The van der Waals surface area contributed by atoms with E-state index in [2.05, 4.69) is 53.4 Å². The quantitative estimate of drug-likeness (QED) is 0.0250. The third kappa shape index (κ3) is 26.1. The van der Waals surface area contributed by atoms with Crippen LogP contribution in [0.15, 0.2) is 160 Å². The summed E-state index contributed by atoms with van der Waals surface area (Å²) < 4.78 is 43.1. The van der Waals surface area contributed by atoms with Crippen LogP contribution in [0, 0.1) is 20.8 Å². The van der Waals surface area contributed by atoms with Crippen molar-refractivity contribution in [2.24, 2.45) is 19.8 Å². The van der Waals surface area contributed by atoms with Crippen LogP contribution >= 0.6 is 0 Å². The lowest BCUT2D eigenvalue weighted by molar-refractivity contribution is -0.00982. The lowest BCUT2D eigenvalue weighted by atomic mass is 10.0. The maximum Gasteiger partial charge on any atom is 0.420 e. The first-order valence-electron chi connectivity index (χ1n) is 40.6. The predicted molar refractivity (Wildman–Crippen MR) is 455 cm³/mol. The monoisotopic (exact) mass is 1640 g/mol. The summed E-state index contributed by atoms with van der Waals surface area (Å²) in [4.78, 5) is 131. The fourth-order valence-electron chi connectivity index (χ4n) is 13.3. The number of benzene rings is 3. The molecule has 0 unspecified atom stereocenters. The Balaban J connectivity index is 0.000000192. The lowest BCUT2D eigenvalue weighted by Gasteiger charge is -2.33. The van der Waals surface area contributed by atoms with E-state index >= 15 is 0 Å². The topological polar surface area (TPSA) is 368 Å². The zero-order valence-electron chi connectivity index (χ0n) is 71.8. The van der Waals surface area contributed by atoms with Crippen molar-refractivity contribution in [2.75, 3.05) is 0 Å². The van der Waals surface area contributed by atoms with Gasteiger partial charge in [0.2, 0.25) is 17.3 Å². The lowest BCUT2D eigenvalue weighted by Crippen LogP contribution is -2.46. The van der Waals surface area contributed by atoms with Crippen LogP contribution in [0.4, 0.5) is 19.2 Å². The molecule has 9 heterocycles. The number of nitrogens with two attached hydrogens (primary N) is 1. The summed E-state index contributed by atoms with van der Waals surface area (Å²) in [5, 5.41) is 5.92. The van der Waals surface area contributed by atoms with Crippen LogP contribution in [0.2, 0.25) is 0 Å². The summed E-state index contributed by atoms with van der Waals surface area (Å²) in [5.74, 6) is 1.68. The zero-order valence-corrected chi connectivity index (χ0v) is 71.8. The fourth-order valence-corrected chi connectivity index (χ4v) is 13.3. The Morgan fingerprint density at radius 3 is 1.18 bits per heavy atom. The number of pyridine rings is 3. The van der Waals surface area contributed by atoms with E-state index < -0.39 is 58.9 Å². The van der Waals surface area contributed by atoms with E-state index in [1.807, 2.05) is 129 Å². The van der Waals surface area contributed by atoms with Crippen molar-refractivity contribution >= 4 is 74.4 Å². The maximum atomic E-state index is 13.7. The molecule has 0 spiro atoms. The van der Waals surface area contributed by atoms with Crippen LogP contribution in [0.3, 0.4) is 0 Å². The molecule has 0 fully saturated rings. The van der Waals surface area contributed by atoms with E-state index in [9.17, 15) is 33.6 Å². The Labute approximate surface area is 699 Å². The Morgan fingerprint density at radius 1 is 0.425 bits per heavy atom. The van der Waals surface area contributed by atoms with Crippen LogP contribution in [-0.4, -0.2) is 128 Å². The molecule has 634 valence electrons. The van der Waals surface area contributed by atoms with Gasteiger partial charge in [-0.25, -0.2) is 58.5 Å². The molecule has 29 nitrogen and oxygen atoms in total. The fraction of sp³-hybridized carbons (Fsp3) is 0.429. The van der Waals surface area contributed by atoms with Crippen molar-refractivity contribution in [2.45, 2.75) is 241 Å². The normalized spacial score (nSPS) is 12.6. The number of ether oxygens (including phenoxy) is 4. The predicted octanol–water partition coefficient (Wildman–Crippen LogP) is 20.3. The van der Waals surface area contributed by atoms with Crippen LogP contribution in [0.1, 0.15) is 264 Å². The number of alkyl carbamates (subject to hydrolysis) is 1. The molecule has 3 atom stereocenters. The van der Waals surface area contributed by atoms with Crippen molar-refractivity contribution in [1.29, 1.82) is 0 Å². The van der Waals surface area contributed by atoms with Crippen molar-refractivity contribution in [3.05, 3.63) is 199 Å². The second kappa shape index (κ2) is 39.9. The van der Waals surface area contributed by atoms with Gasteiger partial charge in [-0.2, -0.15) is 0 Å². The summed E-state index contributed by atoms with van der Waals surface area (Å²) in [6.07, 6.45) is 20.2. The average molecular weight is 1640 g/mol. The van der Waals surface area contributed by atoms with E-state index in [0.717, 1.165) is 109 Å². The minimum Gasteiger partial charge on any atom is -0.444 e. The third-order valence-electron chi connectivity index (χ3n) is 18.9. The molecule has 120 heavy (non-hydrogen) atoms.